The molecule has 0 bridgehead atoms. The van der Waals surface area contributed by atoms with Gasteiger partial charge in [0.15, 0.2) is 5.96 Å². The van der Waals surface area contributed by atoms with Crippen LogP contribution in [0.2, 0.25) is 0 Å². The fraction of sp³-hybridized carbons (Fsp3) is 0.667. The second kappa shape index (κ2) is 15.0. The van der Waals surface area contributed by atoms with E-state index in [0.717, 1.165) is 45.0 Å². The molecule has 1 aliphatic rings. The largest absolute Gasteiger partial charge is 0.379 e. The number of hydrogen-bond donors (Lipinski definition) is 1. The minimum absolute atomic E-state index is 0. The normalized spacial score (nSPS) is 17.3. The lowest BCUT2D eigenvalue weighted by molar-refractivity contribution is -0.00851. The first kappa shape index (κ1) is 25.1. The van der Waals surface area contributed by atoms with Crippen molar-refractivity contribution < 1.29 is 14.2 Å². The number of rotatable bonds is 10. The van der Waals surface area contributed by atoms with E-state index in [1.54, 1.807) is 0 Å². The van der Waals surface area contributed by atoms with Gasteiger partial charge in [0.05, 0.1) is 33.0 Å². The smallest absolute Gasteiger partial charge is 0.193 e. The molecule has 7 heteroatoms. The topological polar surface area (TPSA) is 55.3 Å². The van der Waals surface area contributed by atoms with Gasteiger partial charge in [-0.3, -0.25) is 4.99 Å². The third-order valence-corrected chi connectivity index (χ3v) is 4.66. The fourth-order valence-corrected chi connectivity index (χ4v) is 3.11. The summed E-state index contributed by atoms with van der Waals surface area (Å²) in [7, 11) is 1.82. The predicted molar refractivity (Wildman–Crippen MR) is 125 cm³/mol. The monoisotopic (exact) mass is 505 g/mol. The number of halogens is 1. The Hall–Kier alpha value is -0.900. The summed E-state index contributed by atoms with van der Waals surface area (Å²) >= 11 is 0. The lowest BCUT2D eigenvalue weighted by Crippen LogP contribution is -2.48. The standard InChI is InChI=1S/C21H35N3O3.HI/c1-4-5-12-25-15-16-26-13-10-23-21(22-3)24-11-14-27-20(17-24)19-9-7-6-8-18(19)2;/h6-9,20H,4-5,10-17H2,1-3H3,(H,22,23);1H. The number of ether oxygens (including phenoxy) is 3. The summed E-state index contributed by atoms with van der Waals surface area (Å²) in [4.78, 5) is 6.68. The maximum atomic E-state index is 6.00. The van der Waals surface area contributed by atoms with Gasteiger partial charge in [-0.15, -0.1) is 24.0 Å². The third-order valence-electron chi connectivity index (χ3n) is 4.66. The van der Waals surface area contributed by atoms with Crippen LogP contribution >= 0.6 is 24.0 Å². The van der Waals surface area contributed by atoms with Gasteiger partial charge in [-0.25, -0.2) is 0 Å². The van der Waals surface area contributed by atoms with E-state index >= 15 is 0 Å². The summed E-state index contributed by atoms with van der Waals surface area (Å²) in [6.45, 7) is 10.1. The highest BCUT2D eigenvalue weighted by Crippen LogP contribution is 2.24. The summed E-state index contributed by atoms with van der Waals surface area (Å²) in [6.07, 6.45) is 2.35. The van der Waals surface area contributed by atoms with Gasteiger partial charge in [0.2, 0.25) is 0 Å². The highest BCUT2D eigenvalue weighted by molar-refractivity contribution is 14.0. The first-order chi connectivity index (χ1) is 13.3. The maximum absolute atomic E-state index is 6.00. The van der Waals surface area contributed by atoms with Crippen molar-refractivity contribution in [1.29, 1.82) is 0 Å². The van der Waals surface area contributed by atoms with Gasteiger partial charge in [-0.1, -0.05) is 37.6 Å². The van der Waals surface area contributed by atoms with Crippen LogP contribution in [0.1, 0.15) is 37.0 Å². The van der Waals surface area contributed by atoms with Crippen LogP contribution < -0.4 is 5.32 Å². The van der Waals surface area contributed by atoms with Gasteiger partial charge >= 0.3 is 0 Å². The Bertz CT molecular complexity index is 572. The first-order valence-electron chi connectivity index (χ1n) is 10.0. The molecule has 2 rings (SSSR count). The average Bonchev–Trinajstić information content (AvgIpc) is 2.70. The summed E-state index contributed by atoms with van der Waals surface area (Å²) in [5.41, 5.74) is 2.52. The summed E-state index contributed by atoms with van der Waals surface area (Å²) in [5, 5.41) is 3.39. The van der Waals surface area contributed by atoms with Crippen LogP contribution in [0.4, 0.5) is 0 Å². The molecule has 1 N–H and O–H groups in total. The molecule has 1 unspecified atom stereocenters. The minimum Gasteiger partial charge on any atom is -0.379 e. The van der Waals surface area contributed by atoms with Crippen molar-refractivity contribution in [3.05, 3.63) is 35.4 Å². The van der Waals surface area contributed by atoms with Crippen molar-refractivity contribution in [1.82, 2.24) is 10.2 Å². The summed E-state index contributed by atoms with van der Waals surface area (Å²) in [5.74, 6) is 0.902. The highest BCUT2D eigenvalue weighted by Gasteiger charge is 2.24. The van der Waals surface area contributed by atoms with Crippen molar-refractivity contribution in [2.24, 2.45) is 4.99 Å². The Balaban J connectivity index is 0.00000392. The molecule has 0 aromatic heterocycles. The number of guanidine groups is 1. The van der Waals surface area contributed by atoms with Crippen molar-refractivity contribution >= 4 is 29.9 Å². The zero-order chi connectivity index (χ0) is 19.3. The van der Waals surface area contributed by atoms with E-state index in [9.17, 15) is 0 Å². The van der Waals surface area contributed by atoms with E-state index in [-0.39, 0.29) is 30.1 Å². The van der Waals surface area contributed by atoms with Crippen LogP contribution in [0.25, 0.3) is 0 Å². The molecule has 1 aliphatic heterocycles. The molecule has 0 aliphatic carbocycles. The molecule has 1 heterocycles. The van der Waals surface area contributed by atoms with Crippen LogP contribution in [0.3, 0.4) is 0 Å². The van der Waals surface area contributed by atoms with E-state index in [1.807, 2.05) is 7.05 Å². The quantitative estimate of drug-likeness (QED) is 0.229. The van der Waals surface area contributed by atoms with Crippen LogP contribution in [0.5, 0.6) is 0 Å². The van der Waals surface area contributed by atoms with Gasteiger partial charge < -0.3 is 24.4 Å². The maximum Gasteiger partial charge on any atom is 0.193 e. The fourth-order valence-electron chi connectivity index (χ4n) is 3.11. The Labute approximate surface area is 187 Å². The van der Waals surface area contributed by atoms with E-state index < -0.39 is 0 Å². The van der Waals surface area contributed by atoms with Gasteiger partial charge in [0.1, 0.15) is 6.10 Å². The molecular formula is C21H36IN3O3. The lowest BCUT2D eigenvalue weighted by Gasteiger charge is -2.35. The Morgan fingerprint density at radius 2 is 1.96 bits per heavy atom. The number of nitrogens with zero attached hydrogens (tertiary/aromatic N) is 2. The minimum atomic E-state index is 0. The number of aliphatic imine (C=N–C) groups is 1. The zero-order valence-electron chi connectivity index (χ0n) is 17.5. The molecule has 1 fully saturated rings. The SMILES string of the molecule is CCCCOCCOCCNC(=NC)N1CCOC(c2ccccc2C)C1.I. The van der Waals surface area contributed by atoms with Gasteiger partial charge in [-0.2, -0.15) is 0 Å². The molecule has 6 nitrogen and oxygen atoms in total. The van der Waals surface area contributed by atoms with Crippen molar-refractivity contribution in [2.75, 3.05) is 59.7 Å². The van der Waals surface area contributed by atoms with Gasteiger partial charge in [0.25, 0.3) is 0 Å². The third kappa shape index (κ3) is 8.63. The van der Waals surface area contributed by atoms with E-state index in [2.05, 4.69) is 53.3 Å². The summed E-state index contributed by atoms with van der Waals surface area (Å²) in [6, 6.07) is 8.42. The van der Waals surface area contributed by atoms with Crippen molar-refractivity contribution in [3.63, 3.8) is 0 Å². The molecule has 0 saturated carbocycles. The number of unbranched alkanes of at least 4 members (excludes halogenated alkanes) is 1. The van der Waals surface area contributed by atoms with Crippen LogP contribution in [0.15, 0.2) is 29.3 Å². The number of benzene rings is 1. The van der Waals surface area contributed by atoms with Gasteiger partial charge in [-0.05, 0) is 24.5 Å². The van der Waals surface area contributed by atoms with E-state index in [0.29, 0.717) is 26.4 Å². The predicted octanol–water partition coefficient (Wildman–Crippen LogP) is 3.40. The Kier molecular flexibility index (Phi) is 13.5. The van der Waals surface area contributed by atoms with E-state index in [1.165, 1.54) is 11.1 Å². The highest BCUT2D eigenvalue weighted by atomic mass is 127. The molecule has 1 aromatic carbocycles. The molecule has 0 amide bonds. The number of morpholine rings is 1. The molecule has 0 spiro atoms. The molecular weight excluding hydrogens is 469 g/mol. The second-order valence-electron chi connectivity index (χ2n) is 6.71. The number of aryl methyl sites for hydroxylation is 1. The van der Waals surface area contributed by atoms with E-state index in [4.69, 9.17) is 14.2 Å². The molecule has 0 radical (unpaired) electrons. The molecule has 1 aromatic rings. The number of hydrogen-bond acceptors (Lipinski definition) is 4. The van der Waals surface area contributed by atoms with Crippen molar-refractivity contribution in [2.45, 2.75) is 32.8 Å². The zero-order valence-corrected chi connectivity index (χ0v) is 19.8. The van der Waals surface area contributed by atoms with Crippen LogP contribution in [-0.2, 0) is 14.2 Å². The van der Waals surface area contributed by atoms with Crippen molar-refractivity contribution in [3.8, 4) is 0 Å². The average molecular weight is 505 g/mol. The molecule has 1 atom stereocenters. The van der Waals surface area contributed by atoms with Crippen LogP contribution in [-0.4, -0.2) is 70.6 Å². The second-order valence-corrected chi connectivity index (χ2v) is 6.71. The summed E-state index contributed by atoms with van der Waals surface area (Å²) < 4.78 is 17.1. The Morgan fingerprint density at radius 1 is 1.21 bits per heavy atom. The van der Waals surface area contributed by atoms with Gasteiger partial charge in [0, 0.05) is 26.7 Å². The lowest BCUT2D eigenvalue weighted by atomic mass is 10.0. The number of nitrogens with one attached hydrogen (secondary N) is 1. The molecule has 1 saturated heterocycles. The first-order valence-corrected chi connectivity index (χ1v) is 10.0. The molecule has 28 heavy (non-hydrogen) atoms. The Morgan fingerprint density at radius 3 is 2.68 bits per heavy atom. The van der Waals surface area contributed by atoms with Crippen LogP contribution in [0, 0.1) is 6.92 Å². The molecule has 160 valence electrons.